The summed E-state index contributed by atoms with van der Waals surface area (Å²) >= 11 is 3.53. The van der Waals surface area contributed by atoms with Gasteiger partial charge < -0.3 is 14.4 Å². The fourth-order valence-electron chi connectivity index (χ4n) is 5.30. The molecule has 0 N–H and O–H groups in total. The van der Waals surface area contributed by atoms with E-state index in [2.05, 4.69) is 41.6 Å². The van der Waals surface area contributed by atoms with E-state index in [1.165, 1.54) is 22.8 Å². The van der Waals surface area contributed by atoms with Gasteiger partial charge in [0.15, 0.2) is 5.78 Å². The number of nitrogens with zero attached hydrogens (tertiary/aromatic N) is 3. The third-order valence-corrected chi connectivity index (χ3v) is 7.66. The van der Waals surface area contributed by atoms with Crippen LogP contribution < -0.4 is 0 Å². The number of aryl methyl sites for hydroxylation is 1. The molecule has 0 saturated carbocycles. The summed E-state index contributed by atoms with van der Waals surface area (Å²) in [4.78, 5) is 41.8. The number of likely N-dealkylation sites (tertiary alicyclic amines) is 1. The van der Waals surface area contributed by atoms with E-state index in [0.29, 0.717) is 38.2 Å². The molecule has 2 aliphatic rings. The molecule has 0 spiro atoms. The molecule has 0 aliphatic carbocycles. The Balaban J connectivity index is 1.35. The summed E-state index contributed by atoms with van der Waals surface area (Å²) in [6.07, 6.45) is 4.41. The zero-order valence-electron chi connectivity index (χ0n) is 19.8. The maximum Gasteiger partial charge on any atom is 0.256 e. The van der Waals surface area contributed by atoms with Crippen molar-refractivity contribution in [2.45, 2.75) is 32.9 Å². The Kier molecular flexibility index (Phi) is 6.36. The summed E-state index contributed by atoms with van der Waals surface area (Å²) in [5.74, 6) is 0.181. The number of Topliss-reactive ketones (excluding diaryl/α,β-unsaturated/α-hetero) is 1. The van der Waals surface area contributed by atoms with Crippen molar-refractivity contribution in [3.8, 4) is 0 Å². The minimum absolute atomic E-state index is 0.0102. The molecule has 35 heavy (non-hydrogen) atoms. The average molecular weight is 534 g/mol. The molecular formula is C28H28BrN3O3. The maximum absolute atomic E-state index is 13.6. The lowest BCUT2D eigenvalue weighted by atomic mass is 9.94. The van der Waals surface area contributed by atoms with Crippen molar-refractivity contribution >= 4 is 44.4 Å². The van der Waals surface area contributed by atoms with Gasteiger partial charge >= 0.3 is 0 Å². The number of aromatic nitrogens is 1. The number of hydrogen-bond donors (Lipinski definition) is 0. The molecule has 180 valence electrons. The van der Waals surface area contributed by atoms with Gasteiger partial charge in [0.2, 0.25) is 5.91 Å². The van der Waals surface area contributed by atoms with Crippen LogP contribution >= 0.6 is 15.9 Å². The number of carbonyl (C=O) groups excluding carboxylic acids is 3. The summed E-state index contributed by atoms with van der Waals surface area (Å²) in [6, 6.07) is 12.1. The summed E-state index contributed by atoms with van der Waals surface area (Å²) in [6.45, 7) is 8.30. The zero-order chi connectivity index (χ0) is 24.7. The summed E-state index contributed by atoms with van der Waals surface area (Å²) in [7, 11) is 0. The molecule has 3 aromatic rings. The summed E-state index contributed by atoms with van der Waals surface area (Å²) < 4.78 is 2.79. The molecule has 5 rings (SSSR count). The number of benzene rings is 2. The van der Waals surface area contributed by atoms with Gasteiger partial charge in [-0.1, -0.05) is 40.7 Å². The normalized spacial score (nSPS) is 15.6. The molecule has 0 unspecified atom stereocenters. The monoisotopic (exact) mass is 533 g/mol. The van der Waals surface area contributed by atoms with E-state index in [1.54, 1.807) is 4.90 Å². The Hall–Kier alpha value is -3.19. The molecule has 1 saturated heterocycles. The molecule has 0 bridgehead atoms. The minimum Gasteiger partial charge on any atom is -0.339 e. The van der Waals surface area contributed by atoms with Crippen molar-refractivity contribution in [3.63, 3.8) is 0 Å². The number of carbonyl (C=O) groups is 3. The SMILES string of the molecule is C=CC(=O)N1CC(CC(=O)Cn2cc(C(=O)N3CCc4c(C)cccc4C3)c3cc(Br)ccc32)C1. The number of fused-ring (bicyclic) bond motifs is 2. The van der Waals surface area contributed by atoms with Crippen LogP contribution in [0.4, 0.5) is 0 Å². The number of rotatable bonds is 6. The summed E-state index contributed by atoms with van der Waals surface area (Å²) in [5.41, 5.74) is 5.31. The van der Waals surface area contributed by atoms with Gasteiger partial charge in [-0.15, -0.1) is 0 Å². The first-order valence-corrected chi connectivity index (χ1v) is 12.7. The molecule has 6 nitrogen and oxygen atoms in total. The molecule has 2 aliphatic heterocycles. The van der Waals surface area contributed by atoms with Gasteiger partial charge in [0.05, 0.1) is 12.1 Å². The van der Waals surface area contributed by atoms with Gasteiger partial charge in [0.25, 0.3) is 5.91 Å². The maximum atomic E-state index is 13.6. The van der Waals surface area contributed by atoms with Crippen LogP contribution in [0.25, 0.3) is 10.9 Å². The lowest BCUT2D eigenvalue weighted by molar-refractivity contribution is -0.134. The fraction of sp³-hybridized carbons (Fsp3) is 0.321. The van der Waals surface area contributed by atoms with E-state index in [1.807, 2.05) is 39.9 Å². The fourth-order valence-corrected chi connectivity index (χ4v) is 5.66. The Bertz CT molecular complexity index is 1350. The Morgan fingerprint density at radius 3 is 2.71 bits per heavy atom. The van der Waals surface area contributed by atoms with Crippen LogP contribution in [0.3, 0.4) is 0 Å². The first kappa shape index (κ1) is 23.5. The van der Waals surface area contributed by atoms with Gasteiger partial charge in [0.1, 0.15) is 0 Å². The molecule has 2 amide bonds. The second-order valence-electron chi connectivity index (χ2n) is 9.58. The Morgan fingerprint density at radius 1 is 1.14 bits per heavy atom. The van der Waals surface area contributed by atoms with Crippen molar-refractivity contribution in [2.24, 2.45) is 5.92 Å². The second kappa shape index (κ2) is 9.46. The highest BCUT2D eigenvalue weighted by atomic mass is 79.9. The third kappa shape index (κ3) is 4.57. The molecule has 3 heterocycles. The van der Waals surface area contributed by atoms with Crippen molar-refractivity contribution in [2.75, 3.05) is 19.6 Å². The third-order valence-electron chi connectivity index (χ3n) is 7.17. The minimum atomic E-state index is -0.0886. The van der Waals surface area contributed by atoms with Crippen molar-refractivity contribution in [1.82, 2.24) is 14.4 Å². The second-order valence-corrected chi connectivity index (χ2v) is 10.5. The van der Waals surface area contributed by atoms with Gasteiger partial charge in [-0.2, -0.15) is 0 Å². The Morgan fingerprint density at radius 2 is 1.94 bits per heavy atom. The number of amides is 2. The van der Waals surface area contributed by atoms with E-state index in [4.69, 9.17) is 0 Å². The first-order chi connectivity index (χ1) is 16.8. The zero-order valence-corrected chi connectivity index (χ0v) is 21.4. The predicted octanol–water partition coefficient (Wildman–Crippen LogP) is 4.51. The van der Waals surface area contributed by atoms with E-state index in [0.717, 1.165) is 21.8 Å². The lowest BCUT2D eigenvalue weighted by Gasteiger charge is -2.38. The molecule has 0 radical (unpaired) electrons. The van der Waals surface area contributed by atoms with Gasteiger partial charge in [-0.3, -0.25) is 14.4 Å². The van der Waals surface area contributed by atoms with Crippen LogP contribution in [-0.2, 0) is 29.1 Å². The van der Waals surface area contributed by atoms with Crippen LogP contribution in [-0.4, -0.2) is 51.6 Å². The van der Waals surface area contributed by atoms with Crippen LogP contribution in [0.1, 0.15) is 33.5 Å². The van der Waals surface area contributed by atoms with Gasteiger partial charge in [-0.25, -0.2) is 0 Å². The Labute approximate surface area is 213 Å². The molecular weight excluding hydrogens is 506 g/mol. The van der Waals surface area contributed by atoms with Crippen LogP contribution in [0.2, 0.25) is 0 Å². The van der Waals surface area contributed by atoms with E-state index < -0.39 is 0 Å². The predicted molar refractivity (Wildman–Crippen MR) is 139 cm³/mol. The van der Waals surface area contributed by atoms with Gasteiger partial charge in [-0.05, 0) is 54.3 Å². The molecule has 7 heteroatoms. The largest absolute Gasteiger partial charge is 0.339 e. The van der Waals surface area contributed by atoms with Crippen LogP contribution in [0, 0.1) is 12.8 Å². The van der Waals surface area contributed by atoms with Crippen LogP contribution in [0.5, 0.6) is 0 Å². The highest BCUT2D eigenvalue weighted by molar-refractivity contribution is 9.10. The molecule has 1 aromatic heterocycles. The highest BCUT2D eigenvalue weighted by Crippen LogP contribution is 2.29. The highest BCUT2D eigenvalue weighted by Gasteiger charge is 2.31. The number of ketones is 1. The van der Waals surface area contributed by atoms with Crippen molar-refractivity contribution < 1.29 is 14.4 Å². The topological polar surface area (TPSA) is 62.6 Å². The van der Waals surface area contributed by atoms with Crippen molar-refractivity contribution in [3.05, 3.63) is 82.0 Å². The molecule has 1 fully saturated rings. The van der Waals surface area contributed by atoms with E-state index >= 15 is 0 Å². The van der Waals surface area contributed by atoms with Gasteiger partial charge in [0, 0.05) is 60.1 Å². The number of hydrogen-bond acceptors (Lipinski definition) is 3. The smallest absolute Gasteiger partial charge is 0.256 e. The lowest BCUT2D eigenvalue weighted by Crippen LogP contribution is -2.50. The number of halogens is 1. The van der Waals surface area contributed by atoms with Crippen molar-refractivity contribution in [1.29, 1.82) is 0 Å². The van der Waals surface area contributed by atoms with Crippen LogP contribution in [0.15, 0.2) is 59.7 Å². The molecule has 2 aromatic carbocycles. The van der Waals surface area contributed by atoms with E-state index in [9.17, 15) is 14.4 Å². The van der Waals surface area contributed by atoms with E-state index in [-0.39, 0.29) is 30.1 Å². The quantitative estimate of drug-likeness (QED) is 0.438. The first-order valence-electron chi connectivity index (χ1n) is 11.9. The average Bonchev–Trinajstić information content (AvgIpc) is 3.17. The molecule has 0 atom stereocenters. The standard InChI is InChI=1S/C28H28BrN3O3/c1-3-27(34)32-13-19(14-32)11-22(33)16-31-17-25(24-12-21(29)7-8-26(24)31)28(35)30-10-9-23-18(2)5-4-6-20(23)15-30/h3-8,12,17,19H,1,9-11,13-16H2,2H3. The summed E-state index contributed by atoms with van der Waals surface area (Å²) in [5, 5.41) is 0.846.